The third-order valence-electron chi connectivity index (χ3n) is 2.95. The number of aliphatic hydroxyl groups is 1. The van der Waals surface area contributed by atoms with Crippen LogP contribution in [0.3, 0.4) is 0 Å². The number of hydrogen-bond acceptors (Lipinski definition) is 5. The second-order valence-corrected chi connectivity index (χ2v) is 5.23. The Kier molecular flexibility index (Phi) is 4.31. The number of aromatic nitrogens is 4. The third kappa shape index (κ3) is 3.20. The quantitative estimate of drug-likeness (QED) is 0.829. The smallest absolute Gasteiger partial charge is 0.163 e. The van der Waals surface area contributed by atoms with Crippen molar-refractivity contribution in [1.82, 2.24) is 19.7 Å². The molecule has 0 saturated carbocycles. The van der Waals surface area contributed by atoms with Crippen LogP contribution in [0.4, 0.5) is 5.82 Å². The molecule has 2 N–H and O–H groups in total. The van der Waals surface area contributed by atoms with Gasteiger partial charge >= 0.3 is 0 Å². The van der Waals surface area contributed by atoms with Crippen molar-refractivity contribution in [3.63, 3.8) is 0 Å². The van der Waals surface area contributed by atoms with Gasteiger partial charge in [0, 0.05) is 6.04 Å². The molecule has 19 heavy (non-hydrogen) atoms. The number of rotatable bonds is 6. The molecule has 1 atom stereocenters. The van der Waals surface area contributed by atoms with Crippen LogP contribution in [0.15, 0.2) is 12.5 Å². The maximum atomic E-state index is 8.99. The first-order chi connectivity index (χ1) is 9.11. The molecule has 0 aliphatic carbocycles. The fourth-order valence-electron chi connectivity index (χ4n) is 2.27. The van der Waals surface area contributed by atoms with Gasteiger partial charge in [0.25, 0.3) is 0 Å². The Morgan fingerprint density at radius 2 is 2.11 bits per heavy atom. The lowest BCUT2D eigenvalue weighted by atomic mass is 10.1. The summed E-state index contributed by atoms with van der Waals surface area (Å²) in [7, 11) is 0. The maximum Gasteiger partial charge on any atom is 0.163 e. The number of nitrogens with zero attached hydrogens (tertiary/aromatic N) is 4. The number of fused-ring (bicyclic) bond motifs is 1. The van der Waals surface area contributed by atoms with Gasteiger partial charge in [-0.25, -0.2) is 14.6 Å². The molecule has 0 aromatic carbocycles. The zero-order chi connectivity index (χ0) is 13.8. The van der Waals surface area contributed by atoms with Gasteiger partial charge in [-0.1, -0.05) is 13.8 Å². The summed E-state index contributed by atoms with van der Waals surface area (Å²) in [5.41, 5.74) is 0.753. The minimum atomic E-state index is 0.0489. The minimum absolute atomic E-state index is 0.0489. The van der Waals surface area contributed by atoms with Crippen LogP contribution in [0.5, 0.6) is 0 Å². The number of hydrogen-bond donors (Lipinski definition) is 2. The second-order valence-electron chi connectivity index (χ2n) is 5.23. The Morgan fingerprint density at radius 1 is 1.32 bits per heavy atom. The fourth-order valence-corrected chi connectivity index (χ4v) is 2.27. The van der Waals surface area contributed by atoms with Crippen molar-refractivity contribution in [2.24, 2.45) is 5.92 Å². The zero-order valence-corrected chi connectivity index (χ0v) is 11.7. The first-order valence-electron chi connectivity index (χ1n) is 6.65. The summed E-state index contributed by atoms with van der Waals surface area (Å²) >= 11 is 0. The van der Waals surface area contributed by atoms with Crippen molar-refractivity contribution < 1.29 is 5.11 Å². The van der Waals surface area contributed by atoms with Crippen molar-refractivity contribution in [1.29, 1.82) is 0 Å². The normalized spacial score (nSPS) is 13.1. The van der Waals surface area contributed by atoms with E-state index in [4.69, 9.17) is 5.11 Å². The third-order valence-corrected chi connectivity index (χ3v) is 2.95. The van der Waals surface area contributed by atoms with Crippen LogP contribution in [0.2, 0.25) is 0 Å². The van der Waals surface area contributed by atoms with Crippen LogP contribution in [0.1, 0.15) is 27.2 Å². The summed E-state index contributed by atoms with van der Waals surface area (Å²) in [6.07, 6.45) is 4.36. The first kappa shape index (κ1) is 13.7. The van der Waals surface area contributed by atoms with Crippen LogP contribution in [0, 0.1) is 5.92 Å². The van der Waals surface area contributed by atoms with Gasteiger partial charge in [0.1, 0.15) is 12.1 Å². The van der Waals surface area contributed by atoms with E-state index in [2.05, 4.69) is 41.2 Å². The van der Waals surface area contributed by atoms with Gasteiger partial charge in [0.2, 0.25) is 0 Å². The van der Waals surface area contributed by atoms with Crippen molar-refractivity contribution in [2.45, 2.75) is 39.8 Å². The standard InChI is InChI=1S/C13H21N5O/c1-9(2)6-10(3)17-12-11-7-16-18(4-5-19)13(11)15-8-14-12/h7-10,19H,4-6H2,1-3H3,(H,14,15,17). The van der Waals surface area contributed by atoms with Crippen LogP contribution >= 0.6 is 0 Å². The van der Waals surface area contributed by atoms with Gasteiger partial charge in [-0.05, 0) is 19.3 Å². The van der Waals surface area contributed by atoms with Crippen LogP contribution in [-0.2, 0) is 6.54 Å². The van der Waals surface area contributed by atoms with E-state index < -0.39 is 0 Å². The minimum Gasteiger partial charge on any atom is -0.394 e. The van der Waals surface area contributed by atoms with Gasteiger partial charge in [-0.2, -0.15) is 5.10 Å². The largest absolute Gasteiger partial charge is 0.394 e. The van der Waals surface area contributed by atoms with E-state index >= 15 is 0 Å². The molecule has 0 bridgehead atoms. The van der Waals surface area contributed by atoms with E-state index in [0.717, 1.165) is 23.3 Å². The summed E-state index contributed by atoms with van der Waals surface area (Å²) in [5.74, 6) is 1.44. The Balaban J connectivity index is 2.24. The van der Waals surface area contributed by atoms with Gasteiger partial charge in [-0.15, -0.1) is 0 Å². The Bertz CT molecular complexity index is 537. The van der Waals surface area contributed by atoms with Crippen molar-refractivity contribution in [3.8, 4) is 0 Å². The molecule has 0 saturated heterocycles. The SMILES string of the molecule is CC(C)CC(C)Nc1ncnc2c1cnn2CCO. The molecule has 2 aromatic heterocycles. The van der Waals surface area contributed by atoms with E-state index in [9.17, 15) is 0 Å². The molecule has 0 fully saturated rings. The molecule has 2 heterocycles. The molecule has 2 aromatic rings. The maximum absolute atomic E-state index is 8.99. The molecule has 0 aliphatic rings. The monoisotopic (exact) mass is 263 g/mol. The predicted molar refractivity (Wildman–Crippen MR) is 74.9 cm³/mol. The lowest BCUT2D eigenvalue weighted by Crippen LogP contribution is -2.18. The summed E-state index contributed by atoms with van der Waals surface area (Å²) in [6.45, 7) is 7.04. The van der Waals surface area contributed by atoms with Gasteiger partial charge in [0.05, 0.1) is 24.7 Å². The topological polar surface area (TPSA) is 75.9 Å². The van der Waals surface area contributed by atoms with E-state index in [0.29, 0.717) is 18.5 Å². The van der Waals surface area contributed by atoms with Crippen molar-refractivity contribution in [3.05, 3.63) is 12.5 Å². The molecular weight excluding hydrogens is 242 g/mol. The van der Waals surface area contributed by atoms with Crippen LogP contribution < -0.4 is 5.32 Å². The molecule has 0 spiro atoms. The van der Waals surface area contributed by atoms with E-state index in [1.807, 2.05) is 0 Å². The van der Waals surface area contributed by atoms with Gasteiger partial charge in [-0.3, -0.25) is 0 Å². The van der Waals surface area contributed by atoms with Crippen molar-refractivity contribution >= 4 is 16.9 Å². The molecule has 1 unspecified atom stereocenters. The first-order valence-corrected chi connectivity index (χ1v) is 6.65. The van der Waals surface area contributed by atoms with E-state index in [1.54, 1.807) is 10.9 Å². The number of anilines is 1. The molecule has 2 rings (SSSR count). The fraction of sp³-hybridized carbons (Fsp3) is 0.615. The lowest BCUT2D eigenvalue weighted by molar-refractivity contribution is 0.271. The molecular formula is C13H21N5O. The lowest BCUT2D eigenvalue weighted by Gasteiger charge is -2.16. The van der Waals surface area contributed by atoms with E-state index in [1.165, 1.54) is 6.33 Å². The van der Waals surface area contributed by atoms with E-state index in [-0.39, 0.29) is 6.61 Å². The second kappa shape index (κ2) is 5.97. The molecule has 0 amide bonds. The van der Waals surface area contributed by atoms with Crippen LogP contribution in [0.25, 0.3) is 11.0 Å². The molecule has 104 valence electrons. The Morgan fingerprint density at radius 3 is 2.79 bits per heavy atom. The van der Waals surface area contributed by atoms with Crippen LogP contribution in [-0.4, -0.2) is 37.5 Å². The highest BCUT2D eigenvalue weighted by Gasteiger charge is 2.12. The number of aliphatic hydroxyl groups excluding tert-OH is 1. The predicted octanol–water partition coefficient (Wildman–Crippen LogP) is 1.67. The van der Waals surface area contributed by atoms with Gasteiger partial charge < -0.3 is 10.4 Å². The summed E-state index contributed by atoms with van der Waals surface area (Å²) in [4.78, 5) is 8.52. The Hall–Kier alpha value is -1.69. The van der Waals surface area contributed by atoms with Gasteiger partial charge in [0.15, 0.2) is 5.65 Å². The summed E-state index contributed by atoms with van der Waals surface area (Å²) in [5, 5.41) is 17.5. The molecule has 6 nitrogen and oxygen atoms in total. The number of nitrogens with one attached hydrogen (secondary N) is 1. The summed E-state index contributed by atoms with van der Waals surface area (Å²) in [6, 6.07) is 0.347. The average molecular weight is 263 g/mol. The molecule has 6 heteroatoms. The van der Waals surface area contributed by atoms with Crippen molar-refractivity contribution in [2.75, 3.05) is 11.9 Å². The molecule has 0 aliphatic heterocycles. The molecule has 0 radical (unpaired) electrons. The highest BCUT2D eigenvalue weighted by Crippen LogP contribution is 2.20. The zero-order valence-electron chi connectivity index (χ0n) is 11.7. The highest BCUT2D eigenvalue weighted by atomic mass is 16.3. The highest BCUT2D eigenvalue weighted by molar-refractivity contribution is 5.86. The Labute approximate surface area is 112 Å². The summed E-state index contributed by atoms with van der Waals surface area (Å²) < 4.78 is 1.69. The average Bonchev–Trinajstić information content (AvgIpc) is 2.73.